The molecule has 1 fully saturated rings. The number of hydrogen-bond donors (Lipinski definition) is 2. The van der Waals surface area contributed by atoms with Gasteiger partial charge in [0.1, 0.15) is 12.3 Å². The van der Waals surface area contributed by atoms with Gasteiger partial charge >= 0.3 is 5.97 Å². The molecule has 0 saturated heterocycles. The molecule has 2 N–H and O–H groups in total. The van der Waals surface area contributed by atoms with E-state index >= 15 is 0 Å². The van der Waals surface area contributed by atoms with Crippen LogP contribution in [-0.2, 0) is 16.1 Å². The van der Waals surface area contributed by atoms with Gasteiger partial charge in [0.15, 0.2) is 6.54 Å². The van der Waals surface area contributed by atoms with Crippen LogP contribution in [0.15, 0.2) is 42.5 Å². The average Bonchev–Trinajstić information content (AvgIpc) is 3.54. The molecule has 0 aliphatic heterocycles. The van der Waals surface area contributed by atoms with Gasteiger partial charge in [-0.15, -0.1) is 0 Å². The minimum Gasteiger partial charge on any atom is -0.497 e. The van der Waals surface area contributed by atoms with Crippen LogP contribution in [-0.4, -0.2) is 38.7 Å². The van der Waals surface area contributed by atoms with E-state index in [4.69, 9.17) is 9.47 Å². The molecule has 6 nitrogen and oxygen atoms in total. The van der Waals surface area contributed by atoms with Crippen LogP contribution >= 0.6 is 0 Å². The van der Waals surface area contributed by atoms with Crippen molar-refractivity contribution in [2.75, 3.05) is 26.1 Å². The zero-order valence-corrected chi connectivity index (χ0v) is 16.6. The van der Waals surface area contributed by atoms with Crippen LogP contribution in [0.3, 0.4) is 0 Å². The van der Waals surface area contributed by atoms with Gasteiger partial charge < -0.3 is 19.7 Å². The summed E-state index contributed by atoms with van der Waals surface area (Å²) in [5, 5.41) is 2.96. The number of rotatable bonds is 8. The number of amides is 1. The van der Waals surface area contributed by atoms with Crippen LogP contribution in [0, 0.1) is 6.92 Å². The molecule has 0 aromatic heterocycles. The van der Waals surface area contributed by atoms with E-state index in [1.165, 1.54) is 17.6 Å². The van der Waals surface area contributed by atoms with Crippen molar-refractivity contribution in [3.8, 4) is 5.75 Å². The van der Waals surface area contributed by atoms with E-state index in [0.29, 0.717) is 23.8 Å². The molecule has 6 heteroatoms. The second-order valence-electron chi connectivity index (χ2n) is 7.20. The van der Waals surface area contributed by atoms with Crippen molar-refractivity contribution in [3.05, 3.63) is 59.2 Å². The van der Waals surface area contributed by atoms with Gasteiger partial charge in [-0.1, -0.05) is 6.07 Å². The van der Waals surface area contributed by atoms with Crippen molar-refractivity contribution in [2.45, 2.75) is 32.4 Å². The number of quaternary nitrogens is 1. The molecule has 1 unspecified atom stereocenters. The Morgan fingerprint density at radius 1 is 1.11 bits per heavy atom. The van der Waals surface area contributed by atoms with E-state index < -0.39 is 5.97 Å². The van der Waals surface area contributed by atoms with E-state index in [0.717, 1.165) is 30.7 Å². The Kier molecular flexibility index (Phi) is 6.31. The molecular formula is C22H27N2O4+. The highest BCUT2D eigenvalue weighted by Crippen LogP contribution is 2.19. The standard InChI is InChI=1S/C22H26N2O4/c1-15-4-7-17(22(26)28-3)12-20(15)23-21(25)14-24(18-8-9-18)13-16-5-10-19(27-2)11-6-16/h4-7,10-12,18H,8-9,13-14H2,1-3H3,(H,23,25)/p+1. The third-order valence-corrected chi connectivity index (χ3v) is 5.07. The molecule has 1 saturated carbocycles. The summed E-state index contributed by atoms with van der Waals surface area (Å²) in [6.07, 6.45) is 2.30. The predicted molar refractivity (Wildman–Crippen MR) is 107 cm³/mol. The summed E-state index contributed by atoms with van der Waals surface area (Å²) in [4.78, 5) is 25.7. The van der Waals surface area contributed by atoms with Crippen LogP contribution < -0.4 is 15.0 Å². The topological polar surface area (TPSA) is 69.1 Å². The lowest BCUT2D eigenvalue weighted by Gasteiger charge is -2.19. The minimum absolute atomic E-state index is 0.0551. The fourth-order valence-electron chi connectivity index (χ4n) is 3.25. The molecule has 1 aliphatic carbocycles. The highest BCUT2D eigenvalue weighted by Gasteiger charge is 2.34. The zero-order valence-electron chi connectivity index (χ0n) is 16.6. The van der Waals surface area contributed by atoms with Crippen molar-refractivity contribution in [1.82, 2.24) is 0 Å². The van der Waals surface area contributed by atoms with Crippen LogP contribution in [0.25, 0.3) is 0 Å². The van der Waals surface area contributed by atoms with Gasteiger partial charge in [0.05, 0.1) is 25.8 Å². The first kappa shape index (κ1) is 19.9. The van der Waals surface area contributed by atoms with Crippen molar-refractivity contribution in [1.29, 1.82) is 0 Å². The lowest BCUT2D eigenvalue weighted by atomic mass is 10.1. The third kappa shape index (κ3) is 5.10. The number of aryl methyl sites for hydroxylation is 1. The van der Waals surface area contributed by atoms with Gasteiger partial charge in [-0.2, -0.15) is 0 Å². The number of methoxy groups -OCH3 is 2. The summed E-state index contributed by atoms with van der Waals surface area (Å²) >= 11 is 0. The van der Waals surface area contributed by atoms with E-state index in [1.807, 2.05) is 37.3 Å². The third-order valence-electron chi connectivity index (χ3n) is 5.07. The molecule has 0 bridgehead atoms. The number of carbonyl (C=O) groups excluding carboxylic acids is 2. The van der Waals surface area contributed by atoms with Crippen molar-refractivity contribution in [3.63, 3.8) is 0 Å². The lowest BCUT2D eigenvalue weighted by molar-refractivity contribution is -0.916. The molecular weight excluding hydrogens is 356 g/mol. The highest BCUT2D eigenvalue weighted by atomic mass is 16.5. The quantitative estimate of drug-likeness (QED) is 0.684. The highest BCUT2D eigenvalue weighted by molar-refractivity contribution is 5.95. The molecule has 28 heavy (non-hydrogen) atoms. The summed E-state index contributed by atoms with van der Waals surface area (Å²) in [5.74, 6) is 0.358. The van der Waals surface area contributed by atoms with Crippen LogP contribution in [0.2, 0.25) is 0 Å². The Morgan fingerprint density at radius 3 is 2.43 bits per heavy atom. The molecule has 1 atom stereocenters. The molecule has 3 rings (SSSR count). The number of ether oxygens (including phenoxy) is 2. The first-order chi connectivity index (χ1) is 13.5. The Balaban J connectivity index is 1.65. The van der Waals surface area contributed by atoms with E-state index in [1.54, 1.807) is 19.2 Å². The van der Waals surface area contributed by atoms with E-state index in [-0.39, 0.29) is 5.91 Å². The Bertz CT molecular complexity index is 844. The number of carbonyl (C=O) groups is 2. The normalized spacial score (nSPS) is 14.2. The Hall–Kier alpha value is -2.86. The summed E-state index contributed by atoms with van der Waals surface area (Å²) < 4.78 is 9.97. The first-order valence-electron chi connectivity index (χ1n) is 9.46. The van der Waals surface area contributed by atoms with Gasteiger partial charge in [0, 0.05) is 24.1 Å². The largest absolute Gasteiger partial charge is 0.497 e. The summed E-state index contributed by atoms with van der Waals surface area (Å²) in [6, 6.07) is 13.7. The van der Waals surface area contributed by atoms with Crippen molar-refractivity contribution >= 4 is 17.6 Å². The molecule has 148 valence electrons. The van der Waals surface area contributed by atoms with Crippen LogP contribution in [0.4, 0.5) is 5.69 Å². The van der Waals surface area contributed by atoms with Crippen LogP contribution in [0.5, 0.6) is 5.75 Å². The molecule has 0 heterocycles. The van der Waals surface area contributed by atoms with Gasteiger partial charge in [0.25, 0.3) is 5.91 Å². The fraction of sp³-hybridized carbons (Fsp3) is 0.364. The maximum absolute atomic E-state index is 12.7. The van der Waals surface area contributed by atoms with Crippen LogP contribution in [0.1, 0.15) is 34.3 Å². The molecule has 2 aromatic rings. The number of esters is 1. The van der Waals surface area contributed by atoms with Gasteiger partial charge in [-0.25, -0.2) is 4.79 Å². The number of benzene rings is 2. The van der Waals surface area contributed by atoms with Crippen molar-refractivity contribution in [2.24, 2.45) is 0 Å². The lowest BCUT2D eigenvalue weighted by Crippen LogP contribution is -3.13. The van der Waals surface area contributed by atoms with Gasteiger partial charge in [-0.05, 0) is 48.9 Å². The zero-order chi connectivity index (χ0) is 20.1. The smallest absolute Gasteiger partial charge is 0.337 e. The second-order valence-corrected chi connectivity index (χ2v) is 7.20. The van der Waals surface area contributed by atoms with E-state index in [9.17, 15) is 9.59 Å². The monoisotopic (exact) mass is 383 g/mol. The number of anilines is 1. The van der Waals surface area contributed by atoms with Gasteiger partial charge in [0.2, 0.25) is 0 Å². The Morgan fingerprint density at radius 2 is 1.82 bits per heavy atom. The maximum Gasteiger partial charge on any atom is 0.337 e. The fourth-order valence-corrected chi connectivity index (χ4v) is 3.25. The average molecular weight is 383 g/mol. The molecule has 1 aliphatic rings. The maximum atomic E-state index is 12.7. The molecule has 0 spiro atoms. The number of nitrogens with one attached hydrogen (secondary N) is 2. The predicted octanol–water partition coefficient (Wildman–Crippen LogP) is 1.98. The molecule has 0 radical (unpaired) electrons. The van der Waals surface area contributed by atoms with Gasteiger partial charge in [-0.3, -0.25) is 4.79 Å². The Labute approximate surface area is 165 Å². The molecule has 2 aromatic carbocycles. The van der Waals surface area contributed by atoms with E-state index in [2.05, 4.69) is 5.32 Å². The summed E-state index contributed by atoms with van der Waals surface area (Å²) in [5.41, 5.74) is 3.16. The first-order valence-corrected chi connectivity index (χ1v) is 9.46. The number of hydrogen-bond acceptors (Lipinski definition) is 4. The SMILES string of the molecule is COC(=O)c1ccc(C)c(NC(=O)C[NH+](Cc2ccc(OC)cc2)C2CC2)c1. The summed E-state index contributed by atoms with van der Waals surface area (Å²) in [7, 11) is 2.99. The van der Waals surface area contributed by atoms with Crippen molar-refractivity contribution < 1.29 is 24.0 Å². The minimum atomic E-state index is -0.416. The molecule has 1 amide bonds. The summed E-state index contributed by atoms with van der Waals surface area (Å²) in [6.45, 7) is 3.08. The second kappa shape index (κ2) is 8.89.